The zero-order valence-corrected chi connectivity index (χ0v) is 26.7. The molecule has 0 spiro atoms. The van der Waals surface area contributed by atoms with Gasteiger partial charge < -0.3 is 20.8 Å². The van der Waals surface area contributed by atoms with E-state index in [1.54, 1.807) is 18.3 Å². The zero-order chi connectivity index (χ0) is 32.8. The van der Waals surface area contributed by atoms with E-state index in [1.165, 1.54) is 23.9 Å². The number of anilines is 1. The summed E-state index contributed by atoms with van der Waals surface area (Å²) in [6, 6.07) is 4.70. The number of allylic oxidation sites excluding steroid dienone is 1. The lowest BCUT2D eigenvalue weighted by molar-refractivity contribution is -0.219. The van der Waals surface area contributed by atoms with Gasteiger partial charge >= 0.3 is 6.18 Å². The molecule has 1 unspecified atom stereocenters. The van der Waals surface area contributed by atoms with Crippen LogP contribution in [0.25, 0.3) is 5.82 Å². The van der Waals surface area contributed by atoms with Gasteiger partial charge in [-0.25, -0.2) is 9.67 Å². The first-order chi connectivity index (χ1) is 19.5. The average molecular weight is 596 g/mol. The molecule has 3 rings (SSSR count). The minimum atomic E-state index is -4.43. The lowest BCUT2D eigenvalue weighted by atomic mass is 9.28. The number of hydrogen-bond donors (Lipinski definition) is 4. The molecule has 0 saturated carbocycles. The molecule has 0 bridgehead atoms. The van der Waals surface area contributed by atoms with Gasteiger partial charge in [-0.1, -0.05) is 5.21 Å². The Morgan fingerprint density at radius 1 is 1.21 bits per heavy atom. The molecule has 0 aromatic carbocycles. The second-order valence-corrected chi connectivity index (χ2v) is 13.9. The fourth-order valence-corrected chi connectivity index (χ4v) is 5.37. The molecule has 1 aliphatic heterocycles. The van der Waals surface area contributed by atoms with Gasteiger partial charge in [-0.15, -0.1) is 10.2 Å². The number of alkyl halides is 3. The quantitative estimate of drug-likeness (QED) is 0.155. The number of aromatic nitrogens is 3. The highest BCUT2D eigenvalue weighted by molar-refractivity contribution is 6.60. The second-order valence-electron chi connectivity index (χ2n) is 13.9. The number of carbonyl (C=O) groups excluding carboxylic acids is 1. The molecule has 1 saturated heterocycles. The van der Waals surface area contributed by atoms with Crippen LogP contribution in [-0.4, -0.2) is 90.5 Å². The van der Waals surface area contributed by atoms with Crippen molar-refractivity contribution in [3.63, 3.8) is 0 Å². The number of amides is 1. The van der Waals surface area contributed by atoms with E-state index in [0.29, 0.717) is 18.2 Å². The summed E-state index contributed by atoms with van der Waals surface area (Å²) in [5.41, 5.74) is 9.07. The van der Waals surface area contributed by atoms with Gasteiger partial charge in [0.1, 0.15) is 28.1 Å². The van der Waals surface area contributed by atoms with Crippen LogP contribution >= 0.6 is 0 Å². The van der Waals surface area contributed by atoms with Crippen molar-refractivity contribution < 1.29 is 22.7 Å². The Bertz CT molecular complexity index is 1410. The Labute approximate surface area is 255 Å². The fraction of sp³-hybridized carbons (Fsp3) is 0.520. The number of halogens is 3. The third kappa shape index (κ3) is 6.72. The van der Waals surface area contributed by atoms with E-state index in [9.17, 15) is 18.0 Å². The number of rotatable bonds is 10. The Kier molecular flexibility index (Phi) is 9.16. The standard InChI is InChI=1S/C25H40B5F3N8O2/c1-13(35)15(10-34)37-38-20(42)14-6-7-17(41-9-8-18(39-41)43-12-21(2,3)25(31,32)33)36-19(14)40-11-16(24(28,29)30)23(26,27)22(40,4)5/h6-10,16,35,37H,11-12,26-30,34H2,1-5H3,(H,38,42)/b15-10+,35-13?. The van der Waals surface area contributed by atoms with E-state index in [4.69, 9.17) is 20.9 Å². The molecule has 2 aromatic heterocycles. The molecule has 0 radical (unpaired) electrons. The second kappa shape index (κ2) is 11.6. The van der Waals surface area contributed by atoms with E-state index >= 15 is 0 Å². The summed E-state index contributed by atoms with van der Waals surface area (Å²) in [4.78, 5) is 20.5. The molecule has 1 aliphatic rings. The van der Waals surface area contributed by atoms with Crippen LogP contribution in [0.4, 0.5) is 19.0 Å². The molecule has 1 atom stereocenters. The number of carbonyl (C=O) groups is 1. The van der Waals surface area contributed by atoms with Crippen molar-refractivity contribution in [2.75, 3.05) is 18.1 Å². The number of hydrogen-bond acceptors (Lipinski definition) is 8. The van der Waals surface area contributed by atoms with E-state index in [2.05, 4.69) is 73.9 Å². The van der Waals surface area contributed by atoms with Gasteiger partial charge in [0.2, 0.25) is 5.88 Å². The molecule has 1 fully saturated rings. The van der Waals surface area contributed by atoms with E-state index in [-0.39, 0.29) is 39.1 Å². The predicted molar refractivity (Wildman–Crippen MR) is 176 cm³/mol. The van der Waals surface area contributed by atoms with Gasteiger partial charge in [0.25, 0.3) is 5.91 Å². The molecular weight excluding hydrogens is 555 g/mol. The lowest BCUT2D eigenvalue weighted by Crippen LogP contribution is -2.49. The van der Waals surface area contributed by atoms with Crippen LogP contribution in [-0.2, 0) is 0 Å². The monoisotopic (exact) mass is 596 g/mol. The summed E-state index contributed by atoms with van der Waals surface area (Å²) in [6.07, 6.45) is -1.69. The molecule has 5 N–H and O–H groups in total. The smallest absolute Gasteiger partial charge is 0.397 e. The van der Waals surface area contributed by atoms with Crippen LogP contribution in [0, 0.1) is 16.7 Å². The summed E-state index contributed by atoms with van der Waals surface area (Å²) in [5.74, 6) is 0.549. The van der Waals surface area contributed by atoms with Crippen molar-refractivity contribution in [1.29, 1.82) is 5.41 Å². The van der Waals surface area contributed by atoms with Crippen molar-refractivity contribution in [3.05, 3.63) is 41.9 Å². The molecule has 10 nitrogen and oxygen atoms in total. The Morgan fingerprint density at radius 3 is 2.35 bits per heavy atom. The van der Waals surface area contributed by atoms with Crippen molar-refractivity contribution in [3.8, 4) is 11.7 Å². The van der Waals surface area contributed by atoms with E-state index in [0.717, 1.165) is 13.8 Å². The predicted octanol–water partition coefficient (Wildman–Crippen LogP) is -1.12. The molecular formula is C25H40B5F3N8O2. The van der Waals surface area contributed by atoms with Gasteiger partial charge in [0.15, 0.2) is 5.82 Å². The molecule has 43 heavy (non-hydrogen) atoms. The number of ether oxygens (including phenoxy) is 1. The van der Waals surface area contributed by atoms with E-state index in [1.807, 2.05) is 0 Å². The summed E-state index contributed by atoms with van der Waals surface area (Å²) < 4.78 is 46.7. The van der Waals surface area contributed by atoms with Crippen molar-refractivity contribution in [1.82, 2.24) is 25.6 Å². The maximum Gasteiger partial charge on any atom is 0.397 e. The summed E-state index contributed by atoms with van der Waals surface area (Å²) in [7, 11) is 11.0. The highest BCUT2D eigenvalue weighted by Crippen LogP contribution is 2.57. The number of hydrazine groups is 1. The zero-order valence-electron chi connectivity index (χ0n) is 26.7. The van der Waals surface area contributed by atoms with Crippen LogP contribution in [0.5, 0.6) is 5.88 Å². The van der Waals surface area contributed by atoms with Crippen LogP contribution in [0.2, 0.25) is 10.3 Å². The van der Waals surface area contributed by atoms with Gasteiger partial charge in [0.05, 0.1) is 45.9 Å². The SMILES string of the molecule is BC(B)(B)C1CN(c2nc(-n3ccc(OCC(C)(C)C(F)(F)F)n3)ccc2C(=O)NN/C(=C/N)C(C)=N)C(C)(C)C1(B)B. The van der Waals surface area contributed by atoms with Crippen LogP contribution in [0.15, 0.2) is 36.3 Å². The molecule has 228 valence electrons. The van der Waals surface area contributed by atoms with Crippen LogP contribution < -0.4 is 26.2 Å². The molecule has 0 aliphatic carbocycles. The summed E-state index contributed by atoms with van der Waals surface area (Å²) in [5, 5.41) is 11.9. The van der Waals surface area contributed by atoms with Gasteiger partial charge in [-0.3, -0.25) is 15.6 Å². The molecule has 2 aromatic rings. The van der Waals surface area contributed by atoms with Crippen molar-refractivity contribution in [2.24, 2.45) is 17.1 Å². The Hall–Kier alpha value is -3.45. The van der Waals surface area contributed by atoms with Gasteiger partial charge in [-0.2, -0.15) is 13.2 Å². The van der Waals surface area contributed by atoms with Crippen LogP contribution in [0.1, 0.15) is 45.0 Å². The maximum absolute atomic E-state index is 13.5. The number of nitrogens with one attached hydrogen (secondary N) is 3. The first kappa shape index (κ1) is 34.0. The third-order valence-electron chi connectivity index (χ3n) is 8.92. The summed E-state index contributed by atoms with van der Waals surface area (Å²) >= 11 is 0. The third-order valence-corrected chi connectivity index (χ3v) is 8.92. The van der Waals surface area contributed by atoms with Crippen molar-refractivity contribution in [2.45, 2.75) is 56.7 Å². The number of nitrogens with zero attached hydrogens (tertiary/aromatic N) is 4. The highest BCUT2D eigenvalue weighted by atomic mass is 19.4. The maximum atomic E-state index is 13.5. The average Bonchev–Trinajstić information content (AvgIpc) is 3.42. The fourth-order valence-electron chi connectivity index (χ4n) is 5.37. The van der Waals surface area contributed by atoms with Crippen LogP contribution in [0.3, 0.4) is 0 Å². The van der Waals surface area contributed by atoms with E-state index < -0.39 is 29.6 Å². The lowest BCUT2D eigenvalue weighted by Gasteiger charge is -2.46. The largest absolute Gasteiger partial charge is 0.476 e. The Balaban J connectivity index is 2.05. The van der Waals surface area contributed by atoms with Crippen molar-refractivity contribution >= 4 is 56.7 Å². The highest BCUT2D eigenvalue weighted by Gasteiger charge is 2.56. The minimum Gasteiger partial charge on any atom is -0.476 e. The molecule has 1 amide bonds. The number of pyridine rings is 1. The summed E-state index contributed by atoms with van der Waals surface area (Å²) in [6.45, 7) is 7.95. The minimum absolute atomic E-state index is 0.0187. The first-order valence-corrected chi connectivity index (χ1v) is 14.1. The number of nitrogens with two attached hydrogens (primary N) is 1. The Morgan fingerprint density at radius 2 is 1.84 bits per heavy atom. The topological polar surface area (TPSA) is 134 Å². The normalized spacial score (nSPS) is 18.7. The molecule has 3 heterocycles. The van der Waals surface area contributed by atoms with Gasteiger partial charge in [-0.05, 0) is 52.7 Å². The van der Waals surface area contributed by atoms with Gasteiger partial charge in [0, 0.05) is 30.5 Å². The first-order valence-electron chi connectivity index (χ1n) is 14.1. The molecule has 18 heteroatoms.